The first-order valence-electron chi connectivity index (χ1n) is 7.69. The maximum absolute atomic E-state index is 6.44. The van der Waals surface area contributed by atoms with Gasteiger partial charge in [0.25, 0.3) is 0 Å². The van der Waals surface area contributed by atoms with Crippen LogP contribution in [0.3, 0.4) is 0 Å². The van der Waals surface area contributed by atoms with Crippen LogP contribution >= 0.6 is 23.2 Å². The van der Waals surface area contributed by atoms with Crippen LogP contribution in [-0.2, 0) is 0 Å². The maximum atomic E-state index is 6.44. The molecule has 2 aromatic carbocycles. The van der Waals surface area contributed by atoms with Gasteiger partial charge in [-0.05, 0) is 48.2 Å². The molecule has 0 aromatic heterocycles. The molecule has 0 spiro atoms. The third-order valence-electron chi connectivity index (χ3n) is 5.80. The van der Waals surface area contributed by atoms with E-state index in [1.165, 1.54) is 22.3 Å². The number of fused-ring (bicyclic) bond motifs is 3. The first-order valence-corrected chi connectivity index (χ1v) is 15.4. The predicted octanol–water partition coefficient (Wildman–Crippen LogP) is 5.20. The lowest BCUT2D eigenvalue weighted by Crippen LogP contribution is -2.72. The summed E-state index contributed by atoms with van der Waals surface area (Å²) < 4.78 is 0. The third kappa shape index (κ3) is 2.08. The molecule has 0 aliphatic carbocycles. The summed E-state index contributed by atoms with van der Waals surface area (Å²) in [6.45, 7) is 14.3. The lowest BCUT2D eigenvalue weighted by atomic mass is 10.0. The van der Waals surface area contributed by atoms with Crippen LogP contribution in [0.1, 0.15) is 11.1 Å². The van der Waals surface area contributed by atoms with Gasteiger partial charge in [0, 0.05) is 10.0 Å². The van der Waals surface area contributed by atoms with Gasteiger partial charge < -0.3 is 0 Å². The summed E-state index contributed by atoms with van der Waals surface area (Å²) in [6.07, 6.45) is 0. The molecule has 0 saturated heterocycles. The molecule has 0 amide bonds. The Bertz CT molecular complexity index is 725. The average molecular weight is 365 g/mol. The van der Waals surface area contributed by atoms with E-state index in [2.05, 4.69) is 64.3 Å². The Morgan fingerprint density at radius 3 is 1.27 bits per heavy atom. The Kier molecular flexibility index (Phi) is 3.69. The van der Waals surface area contributed by atoms with Crippen LogP contribution < -0.4 is 10.4 Å². The minimum atomic E-state index is -1.55. The Morgan fingerprint density at radius 2 is 0.955 bits per heavy atom. The second-order valence-corrected chi connectivity index (χ2v) is 23.4. The van der Waals surface area contributed by atoms with Crippen molar-refractivity contribution in [3.8, 4) is 11.1 Å². The first-order chi connectivity index (χ1) is 10.1. The molecule has 2 aromatic rings. The molecule has 116 valence electrons. The molecule has 4 heteroatoms. The Labute approximate surface area is 145 Å². The molecule has 0 bridgehead atoms. The largest absolute Gasteiger partial charge is 0.0840 e. The van der Waals surface area contributed by atoms with Crippen molar-refractivity contribution < 1.29 is 0 Å². The summed E-state index contributed by atoms with van der Waals surface area (Å²) in [7, 11) is -3.09. The molecule has 1 aliphatic rings. The highest BCUT2D eigenvalue weighted by molar-refractivity contribution is 7.50. The van der Waals surface area contributed by atoms with Crippen LogP contribution in [0.5, 0.6) is 0 Å². The van der Waals surface area contributed by atoms with Crippen molar-refractivity contribution >= 4 is 48.8 Å². The van der Waals surface area contributed by atoms with Crippen LogP contribution in [0.15, 0.2) is 24.3 Å². The number of rotatable bonds is 0. The minimum Gasteiger partial charge on any atom is -0.0840 e. The quantitative estimate of drug-likeness (QED) is 0.563. The van der Waals surface area contributed by atoms with Gasteiger partial charge >= 0.3 is 0 Å². The van der Waals surface area contributed by atoms with Crippen LogP contribution in [0.25, 0.3) is 11.1 Å². The third-order valence-corrected chi connectivity index (χ3v) is 24.2. The highest BCUT2D eigenvalue weighted by atomic mass is 35.5. The molecule has 3 rings (SSSR count). The summed E-state index contributed by atoms with van der Waals surface area (Å²) in [5.74, 6) is 0. The second kappa shape index (κ2) is 4.97. The molecule has 0 fully saturated rings. The van der Waals surface area contributed by atoms with Crippen molar-refractivity contribution in [1.29, 1.82) is 0 Å². The maximum Gasteiger partial charge on any atom is 0.0800 e. The van der Waals surface area contributed by atoms with E-state index < -0.39 is 15.2 Å². The highest BCUT2D eigenvalue weighted by Crippen LogP contribution is 2.36. The van der Waals surface area contributed by atoms with E-state index in [-0.39, 0.29) is 0 Å². The van der Waals surface area contributed by atoms with Crippen LogP contribution in [0.2, 0.25) is 36.2 Å². The molecule has 1 aliphatic heterocycles. The summed E-state index contributed by atoms with van der Waals surface area (Å²) >= 11 is 12.9. The van der Waals surface area contributed by atoms with E-state index >= 15 is 0 Å². The topological polar surface area (TPSA) is 0 Å². The smallest absolute Gasteiger partial charge is 0.0800 e. The molecule has 0 radical (unpaired) electrons. The number of hydrogen-bond donors (Lipinski definition) is 0. The molecule has 1 heterocycles. The van der Waals surface area contributed by atoms with Crippen molar-refractivity contribution in [3.63, 3.8) is 0 Å². The minimum absolute atomic E-state index is 0.854. The van der Waals surface area contributed by atoms with Gasteiger partial charge in [-0.2, -0.15) is 0 Å². The average Bonchev–Trinajstić information content (AvgIpc) is 2.42. The summed E-state index contributed by atoms with van der Waals surface area (Å²) in [6, 6.07) is 9.01. The van der Waals surface area contributed by atoms with Gasteiger partial charge in [-0.25, -0.2) is 0 Å². The number of halogens is 2. The van der Waals surface area contributed by atoms with Crippen LogP contribution in [-0.4, -0.2) is 15.2 Å². The van der Waals surface area contributed by atoms with Gasteiger partial charge in [-0.15, -0.1) is 0 Å². The fourth-order valence-corrected chi connectivity index (χ4v) is 13.4. The second-order valence-electron chi connectivity index (χ2n) is 7.54. The van der Waals surface area contributed by atoms with Gasteiger partial charge in [-0.3, -0.25) is 0 Å². The van der Waals surface area contributed by atoms with E-state index in [4.69, 9.17) is 23.2 Å². The standard InChI is InChI=1S/C18H22Cl2Si2/c1-11-7-17-13(9-15(11)19)14-10-16(20)12(2)8-18(14)22(5,6)21(17,3)4/h7-10H,1-6H3. The van der Waals surface area contributed by atoms with Gasteiger partial charge in [0.1, 0.15) is 0 Å². The van der Waals surface area contributed by atoms with Crippen LogP contribution in [0.4, 0.5) is 0 Å². The zero-order valence-electron chi connectivity index (χ0n) is 14.1. The zero-order chi connectivity index (χ0) is 16.4. The van der Waals surface area contributed by atoms with Crippen molar-refractivity contribution in [2.75, 3.05) is 0 Å². The van der Waals surface area contributed by atoms with Gasteiger partial charge in [0.2, 0.25) is 0 Å². The van der Waals surface area contributed by atoms with Crippen LogP contribution in [0, 0.1) is 13.8 Å². The predicted molar refractivity (Wildman–Crippen MR) is 106 cm³/mol. The molecule has 0 atom stereocenters. The molecule has 22 heavy (non-hydrogen) atoms. The normalized spacial score (nSPS) is 17.8. The SMILES string of the molecule is Cc1cc2c(cc1Cl)-c1cc(Cl)c(C)cc1[Si](C)(C)[Si]2(C)C. The van der Waals surface area contributed by atoms with E-state index in [0.717, 1.165) is 10.0 Å². The molecule has 0 nitrogen and oxygen atoms in total. The number of benzene rings is 2. The Balaban J connectivity index is 2.47. The zero-order valence-corrected chi connectivity index (χ0v) is 17.6. The summed E-state index contributed by atoms with van der Waals surface area (Å²) in [5, 5.41) is 4.82. The monoisotopic (exact) mass is 364 g/mol. The number of hydrogen-bond acceptors (Lipinski definition) is 0. The molecule has 0 N–H and O–H groups in total. The summed E-state index contributed by atoms with van der Waals surface area (Å²) in [4.78, 5) is 0. The molecule has 0 unspecified atom stereocenters. The van der Waals surface area contributed by atoms with E-state index in [0.29, 0.717) is 0 Å². The van der Waals surface area contributed by atoms with E-state index in [1.54, 1.807) is 10.4 Å². The van der Waals surface area contributed by atoms with Gasteiger partial charge in [0.05, 0.1) is 15.2 Å². The summed E-state index contributed by atoms with van der Waals surface area (Å²) in [5.41, 5.74) is 5.01. The lowest BCUT2D eigenvalue weighted by Gasteiger charge is -2.46. The fourth-order valence-electron chi connectivity index (χ4n) is 3.52. The number of aryl methyl sites for hydroxylation is 2. The Morgan fingerprint density at radius 1 is 0.636 bits per heavy atom. The highest BCUT2D eigenvalue weighted by Gasteiger charge is 2.49. The Hall–Kier alpha value is -0.546. The van der Waals surface area contributed by atoms with E-state index in [9.17, 15) is 0 Å². The lowest BCUT2D eigenvalue weighted by molar-refractivity contribution is 1.45. The molecular formula is C18H22Cl2Si2. The van der Waals surface area contributed by atoms with E-state index in [1.807, 2.05) is 0 Å². The first kappa shape index (κ1) is 16.3. The van der Waals surface area contributed by atoms with Crippen molar-refractivity contribution in [1.82, 2.24) is 0 Å². The van der Waals surface area contributed by atoms with Crippen molar-refractivity contribution in [2.45, 2.75) is 40.0 Å². The van der Waals surface area contributed by atoms with Crippen molar-refractivity contribution in [3.05, 3.63) is 45.4 Å². The molecular weight excluding hydrogens is 343 g/mol. The van der Waals surface area contributed by atoms with Gasteiger partial charge in [0.15, 0.2) is 0 Å². The molecule has 0 saturated carbocycles. The fraction of sp³-hybridized carbons (Fsp3) is 0.333. The van der Waals surface area contributed by atoms with Crippen molar-refractivity contribution in [2.24, 2.45) is 0 Å². The van der Waals surface area contributed by atoms with Gasteiger partial charge in [-0.1, -0.05) is 71.9 Å².